The van der Waals surface area contributed by atoms with Crippen molar-refractivity contribution in [2.24, 2.45) is 0 Å². The molecule has 0 atom stereocenters. The van der Waals surface area contributed by atoms with Gasteiger partial charge in [-0.2, -0.15) is 0 Å². The highest BCUT2D eigenvalue weighted by atomic mass is 32.1. The summed E-state index contributed by atoms with van der Waals surface area (Å²) in [6.07, 6.45) is 1.94. The summed E-state index contributed by atoms with van der Waals surface area (Å²) in [5, 5.41) is 14.1. The van der Waals surface area contributed by atoms with Gasteiger partial charge in [0.15, 0.2) is 0 Å². The van der Waals surface area contributed by atoms with Crippen molar-refractivity contribution in [2.75, 3.05) is 19.6 Å². The quantitative estimate of drug-likeness (QED) is 0.905. The van der Waals surface area contributed by atoms with Crippen molar-refractivity contribution >= 4 is 17.2 Å². The molecule has 128 valence electrons. The maximum Gasteiger partial charge on any atom is 0.254 e. The summed E-state index contributed by atoms with van der Waals surface area (Å²) in [5.41, 5.74) is 2.01. The van der Waals surface area contributed by atoms with E-state index >= 15 is 0 Å². The van der Waals surface area contributed by atoms with Crippen molar-refractivity contribution in [3.05, 3.63) is 33.0 Å². The van der Waals surface area contributed by atoms with Crippen LogP contribution >= 0.6 is 11.3 Å². The number of hydrogen-bond acceptors (Lipinski definition) is 5. The number of thiophene rings is 1. The Balaban J connectivity index is 1.44. The molecule has 0 bridgehead atoms. The Labute approximate surface area is 145 Å². The summed E-state index contributed by atoms with van der Waals surface area (Å²) < 4.78 is 2.27. The van der Waals surface area contributed by atoms with Crippen LogP contribution in [0.2, 0.25) is 0 Å². The third kappa shape index (κ3) is 2.65. The molecule has 4 heterocycles. The number of carbonyl (C=O) groups excluding carboxylic acids is 1. The van der Waals surface area contributed by atoms with E-state index in [-0.39, 0.29) is 5.91 Å². The molecule has 2 aromatic rings. The molecule has 1 N–H and O–H groups in total. The van der Waals surface area contributed by atoms with Crippen molar-refractivity contribution in [1.82, 2.24) is 25.0 Å². The topological polar surface area (TPSA) is 63.1 Å². The van der Waals surface area contributed by atoms with Gasteiger partial charge in [0.05, 0.1) is 12.1 Å². The van der Waals surface area contributed by atoms with Crippen molar-refractivity contribution < 1.29 is 4.79 Å². The van der Waals surface area contributed by atoms with Gasteiger partial charge >= 0.3 is 0 Å². The largest absolute Gasteiger partial charge is 0.339 e. The predicted molar refractivity (Wildman–Crippen MR) is 93.4 cm³/mol. The van der Waals surface area contributed by atoms with Gasteiger partial charge in [0.2, 0.25) is 0 Å². The van der Waals surface area contributed by atoms with Gasteiger partial charge in [-0.25, -0.2) is 0 Å². The second-order valence-electron chi connectivity index (χ2n) is 6.70. The lowest BCUT2D eigenvalue weighted by Gasteiger charge is -2.32. The highest BCUT2D eigenvalue weighted by molar-refractivity contribution is 7.10. The van der Waals surface area contributed by atoms with Crippen molar-refractivity contribution in [3.63, 3.8) is 0 Å². The molecule has 7 heteroatoms. The highest BCUT2D eigenvalue weighted by Crippen LogP contribution is 2.30. The van der Waals surface area contributed by atoms with Gasteiger partial charge in [-0.05, 0) is 32.3 Å². The van der Waals surface area contributed by atoms with E-state index in [9.17, 15) is 4.79 Å². The molecule has 6 nitrogen and oxygen atoms in total. The molecular weight excluding hydrogens is 322 g/mol. The molecule has 2 aliphatic rings. The zero-order valence-electron chi connectivity index (χ0n) is 14.2. The van der Waals surface area contributed by atoms with Gasteiger partial charge in [0.1, 0.15) is 11.6 Å². The fourth-order valence-corrected chi connectivity index (χ4v) is 4.51. The number of piperidine rings is 1. The molecule has 24 heavy (non-hydrogen) atoms. The Morgan fingerprint density at radius 3 is 2.75 bits per heavy atom. The van der Waals surface area contributed by atoms with Crippen LogP contribution in [0, 0.1) is 13.8 Å². The van der Waals surface area contributed by atoms with Gasteiger partial charge in [-0.1, -0.05) is 0 Å². The molecular formula is C17H23N5OS. The second kappa shape index (κ2) is 6.29. The number of carbonyl (C=O) groups is 1. The smallest absolute Gasteiger partial charge is 0.254 e. The lowest BCUT2D eigenvalue weighted by molar-refractivity contribution is 0.0710. The van der Waals surface area contributed by atoms with E-state index in [4.69, 9.17) is 0 Å². The standard InChI is InChI=1S/C17H23N5OS/c1-11-12(2)24-10-14(11)17(23)21-6-3-13(4-7-21)16-20-19-15-9-18-5-8-22(15)16/h10,13,18H,3-9H2,1-2H3. The Morgan fingerprint density at radius 2 is 2.04 bits per heavy atom. The third-order valence-electron chi connectivity index (χ3n) is 5.31. The molecule has 0 unspecified atom stereocenters. The van der Waals surface area contributed by atoms with Crippen molar-refractivity contribution in [2.45, 2.75) is 45.7 Å². The molecule has 0 spiro atoms. The summed E-state index contributed by atoms with van der Waals surface area (Å²) in [5.74, 6) is 2.75. The van der Waals surface area contributed by atoms with Crippen LogP contribution in [0.4, 0.5) is 0 Å². The van der Waals surface area contributed by atoms with E-state index in [1.165, 1.54) is 4.88 Å². The summed E-state index contributed by atoms with van der Waals surface area (Å²) in [7, 11) is 0. The van der Waals surface area contributed by atoms with Crippen LogP contribution in [0.3, 0.4) is 0 Å². The van der Waals surface area contributed by atoms with E-state index in [2.05, 4.69) is 27.0 Å². The monoisotopic (exact) mass is 345 g/mol. The maximum atomic E-state index is 12.8. The zero-order chi connectivity index (χ0) is 16.7. The van der Waals surface area contributed by atoms with E-state index in [1.54, 1.807) is 11.3 Å². The van der Waals surface area contributed by atoms with Gasteiger partial charge in [-0.15, -0.1) is 21.5 Å². The van der Waals surface area contributed by atoms with E-state index in [0.717, 1.165) is 68.3 Å². The number of amides is 1. The molecule has 1 fully saturated rings. The fourth-order valence-electron chi connectivity index (χ4n) is 3.65. The average molecular weight is 345 g/mol. The van der Waals surface area contributed by atoms with Crippen molar-refractivity contribution in [3.8, 4) is 0 Å². The maximum absolute atomic E-state index is 12.8. The molecule has 2 aliphatic heterocycles. The zero-order valence-corrected chi connectivity index (χ0v) is 15.0. The predicted octanol–water partition coefficient (Wildman–Crippen LogP) is 2.08. The molecule has 4 rings (SSSR count). The van der Waals surface area contributed by atoms with Crippen LogP contribution in [-0.4, -0.2) is 45.2 Å². The molecule has 2 aromatic heterocycles. The number of nitrogens with zero attached hydrogens (tertiary/aromatic N) is 4. The van der Waals surface area contributed by atoms with Gasteiger partial charge < -0.3 is 14.8 Å². The minimum Gasteiger partial charge on any atom is -0.339 e. The van der Waals surface area contributed by atoms with Gasteiger partial charge in [0, 0.05) is 42.4 Å². The first kappa shape index (κ1) is 15.8. The van der Waals surface area contributed by atoms with Crippen LogP contribution in [0.5, 0.6) is 0 Å². The van der Waals surface area contributed by atoms with Crippen LogP contribution in [-0.2, 0) is 13.1 Å². The summed E-state index contributed by atoms with van der Waals surface area (Å²) in [6.45, 7) is 8.46. The first-order valence-electron chi connectivity index (χ1n) is 8.62. The summed E-state index contributed by atoms with van der Waals surface area (Å²) >= 11 is 1.66. The van der Waals surface area contributed by atoms with Crippen LogP contribution < -0.4 is 5.32 Å². The lowest BCUT2D eigenvalue weighted by Crippen LogP contribution is -2.39. The normalized spacial score (nSPS) is 18.7. The number of fused-ring (bicyclic) bond motifs is 1. The third-order valence-corrected chi connectivity index (χ3v) is 6.33. The average Bonchev–Trinajstić information content (AvgIpc) is 3.19. The van der Waals surface area contributed by atoms with Crippen LogP contribution in [0.1, 0.15) is 51.2 Å². The number of rotatable bonds is 2. The molecule has 0 aromatic carbocycles. The molecule has 0 aliphatic carbocycles. The summed E-state index contributed by atoms with van der Waals surface area (Å²) in [6, 6.07) is 0. The number of aryl methyl sites for hydroxylation is 1. The van der Waals surface area contributed by atoms with Crippen LogP contribution in [0.15, 0.2) is 5.38 Å². The SMILES string of the molecule is Cc1scc(C(=O)N2CCC(c3nnc4n3CCNC4)CC2)c1C. The first-order valence-corrected chi connectivity index (χ1v) is 9.49. The highest BCUT2D eigenvalue weighted by Gasteiger charge is 2.29. The molecule has 0 saturated carbocycles. The number of hydrogen-bond donors (Lipinski definition) is 1. The second-order valence-corrected chi connectivity index (χ2v) is 7.78. The number of nitrogens with one attached hydrogen (secondary N) is 1. The lowest BCUT2D eigenvalue weighted by atomic mass is 9.95. The Bertz CT molecular complexity index is 757. The molecule has 1 saturated heterocycles. The summed E-state index contributed by atoms with van der Waals surface area (Å²) in [4.78, 5) is 16.0. The van der Waals surface area contributed by atoms with E-state index in [0.29, 0.717) is 5.92 Å². The minimum absolute atomic E-state index is 0.183. The van der Waals surface area contributed by atoms with Gasteiger partial charge in [-0.3, -0.25) is 4.79 Å². The van der Waals surface area contributed by atoms with Crippen LogP contribution in [0.25, 0.3) is 0 Å². The number of aromatic nitrogens is 3. The fraction of sp³-hybridized carbons (Fsp3) is 0.588. The minimum atomic E-state index is 0.183. The van der Waals surface area contributed by atoms with E-state index in [1.807, 2.05) is 17.2 Å². The molecule has 1 amide bonds. The molecule has 0 radical (unpaired) electrons. The Hall–Kier alpha value is -1.73. The Kier molecular flexibility index (Phi) is 4.14. The van der Waals surface area contributed by atoms with E-state index < -0.39 is 0 Å². The Morgan fingerprint density at radius 1 is 1.25 bits per heavy atom. The van der Waals surface area contributed by atoms with Crippen molar-refractivity contribution in [1.29, 1.82) is 0 Å². The van der Waals surface area contributed by atoms with Gasteiger partial charge in [0.25, 0.3) is 5.91 Å². The first-order chi connectivity index (χ1) is 11.6. The number of likely N-dealkylation sites (tertiary alicyclic amines) is 1.